The molecule has 5 nitrogen and oxygen atoms in total. The molecule has 22 heavy (non-hydrogen) atoms. The standard InChI is InChI=1S/C16H27NO4S/c1-13(17-15(18)21-16(2,3)4)8-12-22-11-6-5-7-14-19-9-10-20-14/h13-14H,5-7,9-11H2,1-4H3,(H,17,18)/t13-/m1/s1. The maximum atomic E-state index is 11.5. The number of alkyl carbamates (subject to hydrolysis) is 1. The Morgan fingerprint density at radius 1 is 1.36 bits per heavy atom. The average molecular weight is 329 g/mol. The monoisotopic (exact) mass is 329 g/mol. The van der Waals surface area contributed by atoms with Gasteiger partial charge < -0.3 is 19.5 Å². The molecular weight excluding hydrogens is 302 g/mol. The number of hydrogen-bond donors (Lipinski definition) is 1. The van der Waals surface area contributed by atoms with Gasteiger partial charge in [-0.05, 0) is 52.2 Å². The highest BCUT2D eigenvalue weighted by atomic mass is 32.2. The lowest BCUT2D eigenvalue weighted by atomic mass is 10.2. The summed E-state index contributed by atoms with van der Waals surface area (Å²) in [6.45, 7) is 8.77. The lowest BCUT2D eigenvalue weighted by Crippen LogP contribution is -2.37. The topological polar surface area (TPSA) is 56.8 Å². The summed E-state index contributed by atoms with van der Waals surface area (Å²) < 4.78 is 15.9. The van der Waals surface area contributed by atoms with E-state index in [0.29, 0.717) is 13.2 Å². The second-order valence-corrected chi connectivity index (χ2v) is 7.03. The summed E-state index contributed by atoms with van der Waals surface area (Å²) in [5.74, 6) is 3.95. The lowest BCUT2D eigenvalue weighted by Gasteiger charge is -2.20. The SMILES string of the molecule is C[C@H](C#CSCCCCC1OCCO1)NC(=O)OC(C)(C)C. The van der Waals surface area contributed by atoms with E-state index in [9.17, 15) is 4.79 Å². The van der Waals surface area contributed by atoms with Gasteiger partial charge in [-0.1, -0.05) is 17.7 Å². The molecule has 1 saturated heterocycles. The Balaban J connectivity index is 2.04. The molecule has 1 N–H and O–H groups in total. The summed E-state index contributed by atoms with van der Waals surface area (Å²) in [6.07, 6.45) is 2.66. The van der Waals surface area contributed by atoms with Gasteiger partial charge in [0.2, 0.25) is 0 Å². The lowest BCUT2D eigenvalue weighted by molar-refractivity contribution is -0.0477. The molecule has 1 heterocycles. The van der Waals surface area contributed by atoms with Crippen molar-refractivity contribution in [1.82, 2.24) is 5.32 Å². The van der Waals surface area contributed by atoms with Gasteiger partial charge in [-0.15, -0.1) is 0 Å². The van der Waals surface area contributed by atoms with Crippen LogP contribution in [0, 0.1) is 11.2 Å². The third kappa shape index (κ3) is 9.93. The smallest absolute Gasteiger partial charge is 0.408 e. The van der Waals surface area contributed by atoms with Crippen molar-refractivity contribution in [2.45, 2.75) is 64.9 Å². The van der Waals surface area contributed by atoms with E-state index in [2.05, 4.69) is 16.5 Å². The molecule has 6 heteroatoms. The van der Waals surface area contributed by atoms with Crippen LogP contribution in [0.4, 0.5) is 4.79 Å². The Labute approximate surface area is 137 Å². The van der Waals surface area contributed by atoms with Crippen molar-refractivity contribution in [3.8, 4) is 11.2 Å². The van der Waals surface area contributed by atoms with E-state index in [1.807, 2.05) is 27.7 Å². The number of amides is 1. The number of carbonyl (C=O) groups excluding carboxylic acids is 1. The predicted octanol–water partition coefficient (Wildman–Crippen LogP) is 3.14. The summed E-state index contributed by atoms with van der Waals surface area (Å²) in [4.78, 5) is 11.5. The summed E-state index contributed by atoms with van der Waals surface area (Å²) in [5.41, 5.74) is -0.487. The van der Waals surface area contributed by atoms with Crippen LogP contribution in [0.25, 0.3) is 0 Å². The van der Waals surface area contributed by atoms with Crippen LogP contribution in [-0.4, -0.2) is 43.0 Å². The van der Waals surface area contributed by atoms with Crippen molar-refractivity contribution in [2.75, 3.05) is 19.0 Å². The van der Waals surface area contributed by atoms with Gasteiger partial charge in [-0.25, -0.2) is 4.79 Å². The van der Waals surface area contributed by atoms with Crippen LogP contribution in [-0.2, 0) is 14.2 Å². The van der Waals surface area contributed by atoms with Crippen LogP contribution in [0.2, 0.25) is 0 Å². The summed E-state index contributed by atoms with van der Waals surface area (Å²) in [5, 5.41) is 5.71. The van der Waals surface area contributed by atoms with Crippen LogP contribution in [0.3, 0.4) is 0 Å². The van der Waals surface area contributed by atoms with Gasteiger partial charge >= 0.3 is 6.09 Å². The summed E-state index contributed by atoms with van der Waals surface area (Å²) in [7, 11) is 0. The fraction of sp³-hybridized carbons (Fsp3) is 0.812. The van der Waals surface area contributed by atoms with Gasteiger partial charge in [-0.2, -0.15) is 0 Å². The van der Waals surface area contributed by atoms with E-state index < -0.39 is 11.7 Å². The molecule has 0 radical (unpaired) electrons. The first-order chi connectivity index (χ1) is 10.4. The van der Waals surface area contributed by atoms with Crippen molar-refractivity contribution in [3.05, 3.63) is 0 Å². The second kappa shape index (κ2) is 9.98. The van der Waals surface area contributed by atoms with Crippen LogP contribution < -0.4 is 5.32 Å². The highest BCUT2D eigenvalue weighted by Gasteiger charge is 2.17. The van der Waals surface area contributed by atoms with Gasteiger partial charge in [0.15, 0.2) is 6.29 Å². The highest BCUT2D eigenvalue weighted by Crippen LogP contribution is 2.13. The molecule has 1 amide bonds. The number of unbranched alkanes of at least 4 members (excludes halogenated alkanes) is 1. The molecule has 0 aliphatic carbocycles. The normalized spacial score (nSPS) is 16.7. The van der Waals surface area contributed by atoms with E-state index >= 15 is 0 Å². The molecule has 1 fully saturated rings. The Morgan fingerprint density at radius 2 is 2.05 bits per heavy atom. The van der Waals surface area contributed by atoms with E-state index in [1.54, 1.807) is 11.8 Å². The number of hydrogen-bond acceptors (Lipinski definition) is 5. The Hall–Kier alpha value is -0.900. The third-order valence-electron chi connectivity index (χ3n) is 2.71. The van der Waals surface area contributed by atoms with E-state index in [-0.39, 0.29) is 12.3 Å². The number of ether oxygens (including phenoxy) is 3. The van der Waals surface area contributed by atoms with Gasteiger partial charge in [0.1, 0.15) is 5.60 Å². The molecular formula is C16H27NO4S. The average Bonchev–Trinajstić information content (AvgIpc) is 2.88. The number of thioether (sulfide) groups is 1. The molecule has 1 aliphatic rings. The Kier molecular flexibility index (Phi) is 8.69. The zero-order valence-electron chi connectivity index (χ0n) is 13.9. The fourth-order valence-electron chi connectivity index (χ4n) is 1.76. The molecule has 1 atom stereocenters. The zero-order chi connectivity index (χ0) is 16.4. The van der Waals surface area contributed by atoms with E-state index in [0.717, 1.165) is 25.0 Å². The van der Waals surface area contributed by atoms with Gasteiger partial charge in [0.25, 0.3) is 0 Å². The van der Waals surface area contributed by atoms with Crippen LogP contribution in [0.15, 0.2) is 0 Å². The molecule has 0 aromatic rings. The Bertz CT molecular complexity index is 391. The zero-order valence-corrected chi connectivity index (χ0v) is 14.8. The number of nitrogens with one attached hydrogen (secondary N) is 1. The molecule has 126 valence electrons. The van der Waals surface area contributed by atoms with Crippen molar-refractivity contribution in [1.29, 1.82) is 0 Å². The molecule has 0 bridgehead atoms. The fourth-order valence-corrected chi connectivity index (χ4v) is 2.47. The minimum Gasteiger partial charge on any atom is -0.444 e. The minimum absolute atomic E-state index is 0.00543. The first kappa shape index (κ1) is 19.1. The van der Waals surface area contributed by atoms with Crippen molar-refractivity contribution < 1.29 is 19.0 Å². The molecule has 1 rings (SSSR count). The molecule has 0 spiro atoms. The molecule has 0 aromatic carbocycles. The minimum atomic E-state index is -0.487. The number of carbonyl (C=O) groups is 1. The van der Waals surface area contributed by atoms with Crippen molar-refractivity contribution in [2.24, 2.45) is 0 Å². The van der Waals surface area contributed by atoms with Crippen LogP contribution in [0.5, 0.6) is 0 Å². The first-order valence-electron chi connectivity index (χ1n) is 7.72. The van der Waals surface area contributed by atoms with Gasteiger partial charge in [-0.3, -0.25) is 0 Å². The molecule has 0 aromatic heterocycles. The first-order valence-corrected chi connectivity index (χ1v) is 8.70. The molecule has 0 saturated carbocycles. The van der Waals surface area contributed by atoms with E-state index in [4.69, 9.17) is 14.2 Å². The Morgan fingerprint density at radius 3 is 2.68 bits per heavy atom. The van der Waals surface area contributed by atoms with Crippen molar-refractivity contribution in [3.63, 3.8) is 0 Å². The predicted molar refractivity (Wildman–Crippen MR) is 88.6 cm³/mol. The quantitative estimate of drug-likeness (QED) is 0.599. The third-order valence-corrected chi connectivity index (χ3v) is 3.46. The maximum Gasteiger partial charge on any atom is 0.408 e. The maximum absolute atomic E-state index is 11.5. The molecule has 1 aliphatic heterocycles. The van der Waals surface area contributed by atoms with E-state index in [1.165, 1.54) is 0 Å². The van der Waals surface area contributed by atoms with Crippen LogP contribution >= 0.6 is 11.8 Å². The van der Waals surface area contributed by atoms with Crippen LogP contribution in [0.1, 0.15) is 47.0 Å². The van der Waals surface area contributed by atoms with Gasteiger partial charge in [0.05, 0.1) is 19.3 Å². The molecule has 0 unspecified atom stereocenters. The van der Waals surface area contributed by atoms with Gasteiger partial charge in [0, 0.05) is 5.75 Å². The highest BCUT2D eigenvalue weighted by molar-refractivity contribution is 8.03. The largest absolute Gasteiger partial charge is 0.444 e. The second-order valence-electron chi connectivity index (χ2n) is 6.13. The summed E-state index contributed by atoms with van der Waals surface area (Å²) in [6, 6.07) is -0.220. The van der Waals surface area contributed by atoms with Crippen molar-refractivity contribution >= 4 is 17.9 Å². The summed E-state index contributed by atoms with van der Waals surface area (Å²) >= 11 is 1.57. The number of rotatable bonds is 6.